The lowest BCUT2D eigenvalue weighted by Crippen LogP contribution is -2.27. The summed E-state index contributed by atoms with van der Waals surface area (Å²) in [5, 5.41) is 2.80. The fraction of sp³-hybridized carbons (Fsp3) is 0.321. The Bertz CT molecular complexity index is 1330. The molecule has 8 heteroatoms. The molecule has 0 saturated heterocycles. The maximum absolute atomic E-state index is 12.4. The summed E-state index contributed by atoms with van der Waals surface area (Å²) in [5.74, 6) is 0. The Morgan fingerprint density at radius 3 is 2.28 bits per heavy atom. The first-order chi connectivity index (χ1) is 17.0. The van der Waals surface area contributed by atoms with E-state index in [0.717, 1.165) is 35.5 Å². The normalized spacial score (nSPS) is 13.4. The van der Waals surface area contributed by atoms with E-state index in [2.05, 4.69) is 10.2 Å². The van der Waals surface area contributed by atoms with Crippen molar-refractivity contribution < 1.29 is 22.1 Å². The summed E-state index contributed by atoms with van der Waals surface area (Å²) in [5.41, 5.74) is 5.59. The van der Waals surface area contributed by atoms with Crippen molar-refractivity contribution in [3.8, 4) is 0 Å². The molecule has 0 fully saturated rings. The third-order valence-corrected chi connectivity index (χ3v) is 7.14. The minimum Gasteiger partial charge on any atom is -0.444 e. The van der Waals surface area contributed by atoms with Gasteiger partial charge in [0.15, 0.2) is 0 Å². The molecule has 0 aliphatic carbocycles. The molecule has 1 amide bonds. The van der Waals surface area contributed by atoms with E-state index in [-0.39, 0.29) is 11.5 Å². The number of fused-ring (bicyclic) bond motifs is 1. The summed E-state index contributed by atoms with van der Waals surface area (Å²) in [6.07, 6.45) is 0.0224. The summed E-state index contributed by atoms with van der Waals surface area (Å²) in [6.45, 7) is 8.99. The zero-order chi connectivity index (χ0) is 25.9. The number of nitrogens with one attached hydrogen (secondary N) is 1. The average Bonchev–Trinajstić information content (AvgIpc) is 3.22. The summed E-state index contributed by atoms with van der Waals surface area (Å²) in [4.78, 5) is 14.5. The summed E-state index contributed by atoms with van der Waals surface area (Å²) >= 11 is 0. The molecule has 190 valence electrons. The van der Waals surface area contributed by atoms with Crippen LogP contribution in [0.4, 0.5) is 16.2 Å². The van der Waals surface area contributed by atoms with Crippen LogP contribution >= 0.6 is 0 Å². The highest BCUT2D eigenvalue weighted by Gasteiger charge is 2.21. The van der Waals surface area contributed by atoms with Gasteiger partial charge >= 0.3 is 6.09 Å². The van der Waals surface area contributed by atoms with Crippen molar-refractivity contribution >= 4 is 27.6 Å². The highest BCUT2D eigenvalue weighted by Crippen LogP contribution is 2.30. The van der Waals surface area contributed by atoms with Crippen molar-refractivity contribution in [3.05, 3.63) is 89.0 Å². The number of carbonyl (C=O) groups is 1. The molecule has 1 N–H and O–H groups in total. The monoisotopic (exact) mass is 508 g/mol. The Balaban J connectivity index is 1.31. The number of benzene rings is 3. The van der Waals surface area contributed by atoms with Gasteiger partial charge in [-0.3, -0.25) is 9.50 Å². The van der Waals surface area contributed by atoms with Gasteiger partial charge in [-0.25, -0.2) is 4.79 Å². The maximum Gasteiger partial charge on any atom is 0.412 e. The molecule has 4 rings (SSSR count). The van der Waals surface area contributed by atoms with Gasteiger partial charge in [-0.1, -0.05) is 35.9 Å². The van der Waals surface area contributed by atoms with Crippen molar-refractivity contribution in [2.24, 2.45) is 0 Å². The second kappa shape index (κ2) is 10.3. The first-order valence-corrected chi connectivity index (χ1v) is 13.3. The highest BCUT2D eigenvalue weighted by molar-refractivity contribution is 7.86. The van der Waals surface area contributed by atoms with Gasteiger partial charge in [0.2, 0.25) is 0 Å². The van der Waals surface area contributed by atoms with Gasteiger partial charge in [0.25, 0.3) is 10.1 Å². The van der Waals surface area contributed by atoms with Crippen LogP contribution in [0.15, 0.2) is 71.6 Å². The molecule has 0 saturated carbocycles. The summed E-state index contributed by atoms with van der Waals surface area (Å²) < 4.78 is 35.3. The van der Waals surface area contributed by atoms with Crippen LogP contribution in [-0.4, -0.2) is 26.7 Å². The minimum atomic E-state index is -3.76. The largest absolute Gasteiger partial charge is 0.444 e. The molecule has 36 heavy (non-hydrogen) atoms. The van der Waals surface area contributed by atoms with E-state index in [4.69, 9.17) is 8.92 Å². The Kier molecular flexibility index (Phi) is 7.38. The van der Waals surface area contributed by atoms with Crippen molar-refractivity contribution in [1.29, 1.82) is 0 Å². The quantitative estimate of drug-likeness (QED) is 0.406. The van der Waals surface area contributed by atoms with Crippen LogP contribution in [0.25, 0.3) is 0 Å². The van der Waals surface area contributed by atoms with Crippen LogP contribution in [0.5, 0.6) is 0 Å². The number of ether oxygens (including phenoxy) is 1. The maximum atomic E-state index is 12.4. The number of anilines is 2. The molecular weight excluding hydrogens is 476 g/mol. The van der Waals surface area contributed by atoms with Gasteiger partial charge in [-0.2, -0.15) is 8.42 Å². The van der Waals surface area contributed by atoms with Crippen molar-refractivity contribution in [2.75, 3.05) is 16.8 Å². The number of hydrogen-bond acceptors (Lipinski definition) is 6. The molecule has 0 radical (unpaired) electrons. The molecular formula is C28H32N2O5S. The van der Waals surface area contributed by atoms with E-state index < -0.39 is 21.8 Å². The highest BCUT2D eigenvalue weighted by atomic mass is 32.2. The second-order valence-corrected chi connectivity index (χ2v) is 11.6. The number of aryl methyl sites for hydroxylation is 1. The Morgan fingerprint density at radius 2 is 1.61 bits per heavy atom. The van der Waals surface area contributed by atoms with E-state index in [9.17, 15) is 13.2 Å². The molecule has 0 atom stereocenters. The molecule has 0 bridgehead atoms. The molecule has 0 unspecified atom stereocenters. The average molecular weight is 509 g/mol. The van der Waals surface area contributed by atoms with Crippen LogP contribution in [0.3, 0.4) is 0 Å². The van der Waals surface area contributed by atoms with Crippen LogP contribution < -0.4 is 10.2 Å². The van der Waals surface area contributed by atoms with Gasteiger partial charge < -0.3 is 9.64 Å². The zero-order valence-electron chi connectivity index (χ0n) is 21.1. The van der Waals surface area contributed by atoms with E-state index in [1.165, 1.54) is 5.56 Å². The van der Waals surface area contributed by atoms with Gasteiger partial charge in [0, 0.05) is 24.5 Å². The lowest BCUT2D eigenvalue weighted by molar-refractivity contribution is 0.0636. The number of amides is 1. The van der Waals surface area contributed by atoms with Crippen LogP contribution in [0, 0.1) is 6.92 Å². The fourth-order valence-electron chi connectivity index (χ4n) is 3.99. The first-order valence-electron chi connectivity index (χ1n) is 11.9. The topological polar surface area (TPSA) is 84.9 Å². The van der Waals surface area contributed by atoms with Gasteiger partial charge in [-0.15, -0.1) is 0 Å². The predicted octanol–water partition coefficient (Wildman–Crippen LogP) is 5.81. The zero-order valence-corrected chi connectivity index (χ0v) is 21.9. The number of rotatable bonds is 7. The molecule has 0 aromatic heterocycles. The summed E-state index contributed by atoms with van der Waals surface area (Å²) in [6, 6.07) is 20.6. The molecule has 3 aromatic carbocycles. The van der Waals surface area contributed by atoms with Crippen molar-refractivity contribution in [1.82, 2.24) is 0 Å². The van der Waals surface area contributed by atoms with Crippen LogP contribution in [-0.2, 0) is 38.5 Å². The number of hydrogen-bond donors (Lipinski definition) is 1. The SMILES string of the molecule is Cc1ccc(S(=O)(=O)OCCc2ccc(N3Cc4ccc(NC(=O)OC(C)(C)C)cc4C3)cc2)cc1. The van der Waals surface area contributed by atoms with Crippen molar-refractivity contribution in [2.45, 2.75) is 57.7 Å². The molecule has 3 aromatic rings. The summed E-state index contributed by atoms with van der Waals surface area (Å²) in [7, 11) is -3.76. The van der Waals surface area contributed by atoms with Gasteiger partial charge in [0.05, 0.1) is 11.5 Å². The minimum absolute atomic E-state index is 0.0815. The fourth-order valence-corrected chi connectivity index (χ4v) is 4.90. The first kappa shape index (κ1) is 25.7. The van der Waals surface area contributed by atoms with Crippen LogP contribution in [0.2, 0.25) is 0 Å². The Labute approximate surface area is 213 Å². The van der Waals surface area contributed by atoms with Crippen LogP contribution in [0.1, 0.15) is 43.0 Å². The number of carbonyl (C=O) groups excluding carboxylic acids is 1. The van der Waals surface area contributed by atoms with E-state index in [1.807, 2.05) is 70.2 Å². The Morgan fingerprint density at radius 1 is 0.944 bits per heavy atom. The molecule has 1 aliphatic heterocycles. The van der Waals surface area contributed by atoms with Crippen molar-refractivity contribution in [3.63, 3.8) is 0 Å². The van der Waals surface area contributed by atoms with E-state index in [1.54, 1.807) is 24.3 Å². The van der Waals surface area contributed by atoms with E-state index in [0.29, 0.717) is 12.1 Å². The number of nitrogens with zero attached hydrogens (tertiary/aromatic N) is 1. The smallest absolute Gasteiger partial charge is 0.412 e. The standard InChI is InChI=1S/C28H32N2O5S/c1-20-5-13-26(14-6-20)36(32,33)34-16-15-21-7-11-25(12-8-21)30-18-22-9-10-24(17-23(22)19-30)29-27(31)35-28(2,3)4/h5-14,17H,15-16,18-19H2,1-4H3,(H,29,31). The molecule has 1 aliphatic rings. The Hall–Kier alpha value is -3.36. The lowest BCUT2D eigenvalue weighted by Gasteiger charge is -2.19. The predicted molar refractivity (Wildman–Crippen MR) is 141 cm³/mol. The third kappa shape index (κ3) is 6.65. The second-order valence-electron chi connectivity index (χ2n) is 9.97. The third-order valence-electron chi connectivity index (χ3n) is 5.81. The molecule has 0 spiro atoms. The van der Waals surface area contributed by atoms with E-state index >= 15 is 0 Å². The molecule has 7 nitrogen and oxygen atoms in total. The lowest BCUT2D eigenvalue weighted by atomic mass is 10.1. The molecule has 1 heterocycles. The van der Waals surface area contributed by atoms with Gasteiger partial charge in [-0.05, 0) is 87.2 Å². The van der Waals surface area contributed by atoms with Gasteiger partial charge in [0.1, 0.15) is 5.60 Å².